The van der Waals surface area contributed by atoms with E-state index in [4.69, 9.17) is 22.1 Å². The summed E-state index contributed by atoms with van der Waals surface area (Å²) in [5, 5.41) is 3.64. The van der Waals surface area contributed by atoms with Gasteiger partial charge in [-0.3, -0.25) is 4.79 Å². The van der Waals surface area contributed by atoms with E-state index < -0.39 is 5.91 Å². The van der Waals surface area contributed by atoms with Crippen LogP contribution in [-0.2, 0) is 0 Å². The van der Waals surface area contributed by atoms with Crippen LogP contribution in [0.1, 0.15) is 23.2 Å². The van der Waals surface area contributed by atoms with E-state index in [9.17, 15) is 4.79 Å². The number of ether oxygens (including phenoxy) is 1. The van der Waals surface area contributed by atoms with Crippen molar-refractivity contribution in [2.45, 2.75) is 12.8 Å². The fourth-order valence-corrected chi connectivity index (χ4v) is 2.38. The molecule has 1 saturated heterocycles. The monoisotopic (exact) mass is 268 g/mol. The van der Waals surface area contributed by atoms with Crippen molar-refractivity contribution in [1.82, 2.24) is 5.32 Å². The van der Waals surface area contributed by atoms with Gasteiger partial charge < -0.3 is 15.8 Å². The molecular formula is C13H17ClN2O2. The third-order valence-electron chi connectivity index (χ3n) is 3.16. The van der Waals surface area contributed by atoms with Gasteiger partial charge in [-0.25, -0.2) is 0 Å². The lowest BCUT2D eigenvalue weighted by atomic mass is 9.99. The lowest BCUT2D eigenvalue weighted by Crippen LogP contribution is -2.30. The number of halogens is 1. The summed E-state index contributed by atoms with van der Waals surface area (Å²) >= 11 is 5.96. The maximum atomic E-state index is 11.3. The number of amides is 1. The molecule has 1 aromatic carbocycles. The molecule has 0 radical (unpaired) electrons. The Hall–Kier alpha value is -1.26. The van der Waals surface area contributed by atoms with Crippen LogP contribution in [0.3, 0.4) is 0 Å². The van der Waals surface area contributed by atoms with Crippen LogP contribution in [0.5, 0.6) is 5.75 Å². The van der Waals surface area contributed by atoms with Crippen molar-refractivity contribution in [3.05, 3.63) is 28.8 Å². The summed E-state index contributed by atoms with van der Waals surface area (Å²) in [7, 11) is 0. The van der Waals surface area contributed by atoms with Crippen molar-refractivity contribution in [3.63, 3.8) is 0 Å². The smallest absolute Gasteiger partial charge is 0.253 e. The molecule has 0 bridgehead atoms. The molecule has 5 heteroatoms. The minimum Gasteiger partial charge on any atom is -0.492 e. The molecule has 0 aliphatic carbocycles. The third-order valence-corrected chi connectivity index (χ3v) is 3.47. The van der Waals surface area contributed by atoms with Gasteiger partial charge in [0.1, 0.15) is 5.75 Å². The van der Waals surface area contributed by atoms with Gasteiger partial charge in [0, 0.05) is 0 Å². The van der Waals surface area contributed by atoms with Crippen LogP contribution in [0, 0.1) is 5.92 Å². The molecule has 98 valence electrons. The maximum Gasteiger partial charge on any atom is 0.253 e. The SMILES string of the molecule is NC(=O)c1c(Cl)cccc1OCC1CCNCC1. The highest BCUT2D eigenvalue weighted by Gasteiger charge is 2.17. The van der Waals surface area contributed by atoms with E-state index in [-0.39, 0.29) is 5.56 Å². The van der Waals surface area contributed by atoms with Gasteiger partial charge in [0.05, 0.1) is 17.2 Å². The van der Waals surface area contributed by atoms with E-state index in [2.05, 4.69) is 5.32 Å². The highest BCUT2D eigenvalue weighted by atomic mass is 35.5. The predicted molar refractivity (Wildman–Crippen MR) is 71.1 cm³/mol. The number of rotatable bonds is 4. The van der Waals surface area contributed by atoms with Crippen LogP contribution in [0.4, 0.5) is 0 Å². The Kier molecular flexibility index (Phi) is 4.44. The molecule has 1 aliphatic heterocycles. The summed E-state index contributed by atoms with van der Waals surface area (Å²) < 4.78 is 5.71. The van der Waals surface area contributed by atoms with E-state index in [1.807, 2.05) is 0 Å². The second-order valence-corrected chi connectivity index (χ2v) is 4.89. The average Bonchev–Trinajstić information content (AvgIpc) is 2.37. The van der Waals surface area contributed by atoms with Gasteiger partial charge in [-0.1, -0.05) is 17.7 Å². The molecule has 0 atom stereocenters. The number of piperidine rings is 1. The third kappa shape index (κ3) is 3.15. The van der Waals surface area contributed by atoms with Crippen LogP contribution in [0.2, 0.25) is 5.02 Å². The highest BCUT2D eigenvalue weighted by molar-refractivity contribution is 6.34. The van der Waals surface area contributed by atoms with Gasteiger partial charge in [-0.15, -0.1) is 0 Å². The van der Waals surface area contributed by atoms with Crippen LogP contribution in [0.25, 0.3) is 0 Å². The highest BCUT2D eigenvalue weighted by Crippen LogP contribution is 2.26. The first kappa shape index (κ1) is 13.2. The predicted octanol–water partition coefficient (Wildman–Crippen LogP) is 1.82. The van der Waals surface area contributed by atoms with Gasteiger partial charge >= 0.3 is 0 Å². The first-order chi connectivity index (χ1) is 8.68. The Morgan fingerprint density at radius 2 is 2.17 bits per heavy atom. The number of nitrogens with two attached hydrogens (primary N) is 1. The van der Waals surface area contributed by atoms with Crippen LogP contribution >= 0.6 is 11.6 Å². The second kappa shape index (κ2) is 6.07. The topological polar surface area (TPSA) is 64.4 Å². The molecule has 1 amide bonds. The van der Waals surface area contributed by atoms with E-state index in [0.29, 0.717) is 23.3 Å². The molecule has 0 saturated carbocycles. The summed E-state index contributed by atoms with van der Waals surface area (Å²) in [6.45, 7) is 2.64. The number of carbonyl (C=O) groups excluding carboxylic acids is 1. The molecule has 0 unspecified atom stereocenters. The van der Waals surface area contributed by atoms with E-state index in [1.54, 1.807) is 18.2 Å². The van der Waals surface area contributed by atoms with E-state index in [0.717, 1.165) is 25.9 Å². The van der Waals surface area contributed by atoms with Gasteiger partial charge in [0.2, 0.25) is 0 Å². The van der Waals surface area contributed by atoms with Crippen molar-refractivity contribution in [3.8, 4) is 5.75 Å². The fraction of sp³-hybridized carbons (Fsp3) is 0.462. The molecule has 1 fully saturated rings. The van der Waals surface area contributed by atoms with Crippen LogP contribution < -0.4 is 15.8 Å². The Bertz CT molecular complexity index is 431. The Morgan fingerprint density at radius 3 is 2.83 bits per heavy atom. The van der Waals surface area contributed by atoms with Crippen molar-refractivity contribution >= 4 is 17.5 Å². The summed E-state index contributed by atoms with van der Waals surface area (Å²) in [5.41, 5.74) is 5.58. The zero-order valence-electron chi connectivity index (χ0n) is 10.1. The maximum absolute atomic E-state index is 11.3. The summed E-state index contributed by atoms with van der Waals surface area (Å²) in [6, 6.07) is 5.12. The summed E-state index contributed by atoms with van der Waals surface area (Å²) in [6.07, 6.45) is 2.18. The van der Waals surface area contributed by atoms with Crippen LogP contribution in [-0.4, -0.2) is 25.6 Å². The first-order valence-corrected chi connectivity index (χ1v) is 6.48. The number of primary amides is 1. The van der Waals surface area contributed by atoms with Crippen molar-refractivity contribution in [2.24, 2.45) is 11.7 Å². The van der Waals surface area contributed by atoms with Crippen molar-refractivity contribution in [1.29, 1.82) is 0 Å². The molecule has 1 heterocycles. The van der Waals surface area contributed by atoms with Gasteiger partial charge in [0.15, 0.2) is 0 Å². The average molecular weight is 269 g/mol. The molecule has 1 aliphatic rings. The number of carbonyl (C=O) groups is 1. The molecule has 3 N–H and O–H groups in total. The molecule has 4 nitrogen and oxygen atoms in total. The van der Waals surface area contributed by atoms with Gasteiger partial charge in [-0.2, -0.15) is 0 Å². The van der Waals surface area contributed by atoms with Gasteiger partial charge in [0.25, 0.3) is 5.91 Å². The van der Waals surface area contributed by atoms with Crippen molar-refractivity contribution in [2.75, 3.05) is 19.7 Å². The lowest BCUT2D eigenvalue weighted by molar-refractivity contribution is 0.0995. The minimum atomic E-state index is -0.555. The number of nitrogens with one attached hydrogen (secondary N) is 1. The van der Waals surface area contributed by atoms with Gasteiger partial charge in [-0.05, 0) is 44.0 Å². The van der Waals surface area contributed by atoms with E-state index in [1.165, 1.54) is 0 Å². The van der Waals surface area contributed by atoms with Crippen molar-refractivity contribution < 1.29 is 9.53 Å². The Labute approximate surface area is 111 Å². The molecule has 18 heavy (non-hydrogen) atoms. The zero-order chi connectivity index (χ0) is 13.0. The number of hydrogen-bond donors (Lipinski definition) is 2. The minimum absolute atomic E-state index is 0.271. The Morgan fingerprint density at radius 1 is 1.44 bits per heavy atom. The molecule has 2 rings (SSSR count). The zero-order valence-corrected chi connectivity index (χ0v) is 10.9. The largest absolute Gasteiger partial charge is 0.492 e. The van der Waals surface area contributed by atoms with Crippen LogP contribution in [0.15, 0.2) is 18.2 Å². The first-order valence-electron chi connectivity index (χ1n) is 6.10. The standard InChI is InChI=1S/C13H17ClN2O2/c14-10-2-1-3-11(12(10)13(15)17)18-8-9-4-6-16-7-5-9/h1-3,9,16H,4-8H2,(H2,15,17). The lowest BCUT2D eigenvalue weighted by Gasteiger charge is -2.23. The quantitative estimate of drug-likeness (QED) is 0.875. The fourth-order valence-electron chi connectivity index (χ4n) is 2.12. The molecule has 1 aromatic rings. The summed E-state index contributed by atoms with van der Waals surface area (Å²) in [4.78, 5) is 11.3. The van der Waals surface area contributed by atoms with E-state index >= 15 is 0 Å². The normalized spacial score (nSPS) is 16.5. The number of benzene rings is 1. The Balaban J connectivity index is 2.04. The molecule has 0 spiro atoms. The molecular weight excluding hydrogens is 252 g/mol. The summed E-state index contributed by atoms with van der Waals surface area (Å²) in [5.74, 6) is 0.445. The number of hydrogen-bond acceptors (Lipinski definition) is 3. The second-order valence-electron chi connectivity index (χ2n) is 4.48. The molecule has 0 aromatic heterocycles.